The third-order valence-electron chi connectivity index (χ3n) is 2.76. The van der Waals surface area contributed by atoms with Crippen LogP contribution in [0.4, 0.5) is 5.69 Å². The van der Waals surface area contributed by atoms with Gasteiger partial charge in [0, 0.05) is 18.4 Å². The van der Waals surface area contributed by atoms with Crippen LogP contribution in [-0.4, -0.2) is 30.2 Å². The van der Waals surface area contributed by atoms with E-state index in [1.54, 1.807) is 19.1 Å². The summed E-state index contributed by atoms with van der Waals surface area (Å²) in [5.41, 5.74) is 0.775. The molecule has 0 saturated carbocycles. The predicted octanol–water partition coefficient (Wildman–Crippen LogP) is 2.18. The van der Waals surface area contributed by atoms with Crippen molar-refractivity contribution in [3.63, 3.8) is 0 Å². The molecule has 1 aromatic rings. The molecule has 0 amide bonds. The molecule has 0 heterocycles. The van der Waals surface area contributed by atoms with Crippen molar-refractivity contribution in [2.45, 2.75) is 24.0 Å². The van der Waals surface area contributed by atoms with Crippen LogP contribution in [0.15, 0.2) is 24.3 Å². The Labute approximate surface area is 111 Å². The van der Waals surface area contributed by atoms with Gasteiger partial charge in [-0.1, -0.05) is 12.1 Å². The van der Waals surface area contributed by atoms with E-state index in [9.17, 15) is 18.5 Å². The van der Waals surface area contributed by atoms with Crippen molar-refractivity contribution < 1.29 is 13.3 Å². The molecule has 0 aromatic heterocycles. The molecule has 1 aromatic carbocycles. The second-order valence-electron chi connectivity index (χ2n) is 4.18. The Morgan fingerprint density at radius 3 is 2.22 bits per heavy atom. The quantitative estimate of drug-likeness (QED) is 0.473. The van der Waals surface area contributed by atoms with Crippen LogP contribution in [0.5, 0.6) is 0 Å². The predicted molar refractivity (Wildman–Crippen MR) is 70.7 cm³/mol. The fourth-order valence-electron chi connectivity index (χ4n) is 1.41. The van der Waals surface area contributed by atoms with Crippen LogP contribution in [-0.2, 0) is 16.3 Å². The minimum Gasteiger partial charge on any atom is -0.258 e. The summed E-state index contributed by atoms with van der Waals surface area (Å²) < 4.78 is 22.7. The van der Waals surface area contributed by atoms with E-state index in [4.69, 9.17) is 11.6 Å². The maximum absolute atomic E-state index is 11.3. The fourth-order valence-corrected chi connectivity index (χ4v) is 2.78. The Bertz CT molecular complexity index is 526. The lowest BCUT2D eigenvalue weighted by molar-refractivity contribution is -0.384. The number of halogens is 1. The molecule has 18 heavy (non-hydrogen) atoms. The molecule has 100 valence electrons. The van der Waals surface area contributed by atoms with Crippen molar-refractivity contribution in [3.05, 3.63) is 39.9 Å². The van der Waals surface area contributed by atoms with Gasteiger partial charge in [-0.3, -0.25) is 10.1 Å². The van der Waals surface area contributed by atoms with Crippen LogP contribution >= 0.6 is 11.6 Å². The van der Waals surface area contributed by atoms with E-state index in [0.717, 1.165) is 11.8 Å². The van der Waals surface area contributed by atoms with Gasteiger partial charge in [0.25, 0.3) is 5.69 Å². The molecular weight excluding hydrogens is 278 g/mol. The molecule has 5 nitrogen and oxygen atoms in total. The minimum atomic E-state index is -3.18. The highest BCUT2D eigenvalue weighted by Gasteiger charge is 2.24. The van der Waals surface area contributed by atoms with Gasteiger partial charge >= 0.3 is 0 Å². The standard InChI is InChI=1S/C11H14ClNO4S/c1-8(18(2,16)17)11(12)7-9-3-5-10(6-4-9)13(14)15/h3-6,8,11H,7H2,1-2H3. The second kappa shape index (κ2) is 5.67. The first-order valence-corrected chi connectivity index (χ1v) is 7.67. The Kier molecular flexibility index (Phi) is 4.70. The highest BCUT2D eigenvalue weighted by molar-refractivity contribution is 7.91. The fraction of sp³-hybridized carbons (Fsp3) is 0.455. The topological polar surface area (TPSA) is 77.3 Å². The van der Waals surface area contributed by atoms with Crippen LogP contribution in [0.1, 0.15) is 12.5 Å². The van der Waals surface area contributed by atoms with Gasteiger partial charge in [0.1, 0.15) is 0 Å². The summed E-state index contributed by atoms with van der Waals surface area (Å²) in [4.78, 5) is 9.99. The molecule has 0 spiro atoms. The van der Waals surface area contributed by atoms with Gasteiger partial charge in [-0.05, 0) is 18.9 Å². The number of nitro benzene ring substituents is 1. The summed E-state index contributed by atoms with van der Waals surface area (Å²) in [5.74, 6) is 0. The maximum atomic E-state index is 11.3. The monoisotopic (exact) mass is 291 g/mol. The molecule has 0 aliphatic rings. The van der Waals surface area contributed by atoms with Crippen molar-refractivity contribution >= 4 is 27.1 Å². The van der Waals surface area contributed by atoms with E-state index < -0.39 is 25.4 Å². The number of hydrogen-bond acceptors (Lipinski definition) is 4. The highest BCUT2D eigenvalue weighted by atomic mass is 35.5. The molecule has 7 heteroatoms. The molecule has 0 aliphatic carbocycles. The molecule has 2 atom stereocenters. The third kappa shape index (κ3) is 3.96. The van der Waals surface area contributed by atoms with Crippen LogP contribution < -0.4 is 0 Å². The van der Waals surface area contributed by atoms with Crippen molar-refractivity contribution in [3.8, 4) is 0 Å². The van der Waals surface area contributed by atoms with Crippen LogP contribution in [0.25, 0.3) is 0 Å². The average molecular weight is 292 g/mol. The van der Waals surface area contributed by atoms with E-state index in [0.29, 0.717) is 6.42 Å². The van der Waals surface area contributed by atoms with E-state index >= 15 is 0 Å². The Morgan fingerprint density at radius 2 is 1.83 bits per heavy atom. The van der Waals surface area contributed by atoms with Gasteiger partial charge in [-0.25, -0.2) is 8.42 Å². The first-order chi connectivity index (χ1) is 8.21. The molecular formula is C11H14ClNO4S. The summed E-state index contributed by atoms with van der Waals surface area (Å²) in [5, 5.41) is 9.26. The Hall–Kier alpha value is -1.14. The van der Waals surface area contributed by atoms with E-state index in [1.165, 1.54) is 12.1 Å². The van der Waals surface area contributed by atoms with Crippen LogP contribution in [0.3, 0.4) is 0 Å². The maximum Gasteiger partial charge on any atom is 0.269 e. The van der Waals surface area contributed by atoms with Gasteiger partial charge < -0.3 is 0 Å². The lowest BCUT2D eigenvalue weighted by atomic mass is 10.1. The smallest absolute Gasteiger partial charge is 0.258 e. The molecule has 0 bridgehead atoms. The Morgan fingerprint density at radius 1 is 1.33 bits per heavy atom. The van der Waals surface area contributed by atoms with E-state index in [-0.39, 0.29) is 5.69 Å². The molecule has 2 unspecified atom stereocenters. The van der Waals surface area contributed by atoms with Gasteiger partial charge in [0.05, 0.1) is 15.6 Å². The van der Waals surface area contributed by atoms with Crippen molar-refractivity contribution in [1.82, 2.24) is 0 Å². The largest absolute Gasteiger partial charge is 0.269 e. The zero-order valence-corrected chi connectivity index (χ0v) is 11.6. The lowest BCUT2D eigenvalue weighted by Gasteiger charge is -2.16. The lowest BCUT2D eigenvalue weighted by Crippen LogP contribution is -2.28. The first kappa shape index (κ1) is 14.9. The summed E-state index contributed by atoms with van der Waals surface area (Å²) in [7, 11) is -3.18. The second-order valence-corrected chi connectivity index (χ2v) is 7.14. The molecule has 0 N–H and O–H groups in total. The first-order valence-electron chi connectivity index (χ1n) is 5.28. The summed E-state index contributed by atoms with van der Waals surface area (Å²) in [6.45, 7) is 1.55. The third-order valence-corrected chi connectivity index (χ3v) is 5.12. The molecule has 1 rings (SSSR count). The minimum absolute atomic E-state index is 0.000957. The molecule has 0 radical (unpaired) electrons. The van der Waals surface area contributed by atoms with Gasteiger partial charge in [0.2, 0.25) is 0 Å². The average Bonchev–Trinajstić information content (AvgIpc) is 2.27. The van der Waals surface area contributed by atoms with Gasteiger partial charge in [0.15, 0.2) is 9.84 Å². The summed E-state index contributed by atoms with van der Waals surface area (Å²) in [6.07, 6.45) is 1.50. The molecule has 0 fully saturated rings. The number of rotatable bonds is 5. The Balaban J connectivity index is 2.76. The molecule has 0 saturated heterocycles. The van der Waals surface area contributed by atoms with Crippen molar-refractivity contribution in [2.24, 2.45) is 0 Å². The normalized spacial score (nSPS) is 15.1. The van der Waals surface area contributed by atoms with E-state index in [2.05, 4.69) is 0 Å². The van der Waals surface area contributed by atoms with Crippen LogP contribution in [0, 0.1) is 10.1 Å². The zero-order valence-electron chi connectivity index (χ0n) is 10.0. The number of sulfone groups is 1. The SMILES string of the molecule is CC(C(Cl)Cc1ccc([N+](=O)[O-])cc1)S(C)(=O)=O. The van der Waals surface area contributed by atoms with Crippen molar-refractivity contribution in [1.29, 1.82) is 0 Å². The number of nitro groups is 1. The van der Waals surface area contributed by atoms with Crippen molar-refractivity contribution in [2.75, 3.05) is 6.26 Å². The number of nitrogens with zero attached hydrogens (tertiary/aromatic N) is 1. The summed E-state index contributed by atoms with van der Waals surface area (Å²) >= 11 is 6.04. The summed E-state index contributed by atoms with van der Waals surface area (Å²) in [6, 6.07) is 5.93. The highest BCUT2D eigenvalue weighted by Crippen LogP contribution is 2.19. The number of benzene rings is 1. The zero-order chi connectivity index (χ0) is 13.9. The number of hydrogen-bond donors (Lipinski definition) is 0. The van der Waals surface area contributed by atoms with Crippen LogP contribution in [0.2, 0.25) is 0 Å². The van der Waals surface area contributed by atoms with Gasteiger partial charge in [-0.2, -0.15) is 0 Å². The number of alkyl halides is 1. The van der Waals surface area contributed by atoms with Gasteiger partial charge in [-0.15, -0.1) is 11.6 Å². The van der Waals surface area contributed by atoms with E-state index in [1.807, 2.05) is 0 Å². The number of non-ortho nitro benzene ring substituents is 1. The molecule has 0 aliphatic heterocycles.